The van der Waals surface area contributed by atoms with Gasteiger partial charge in [0.1, 0.15) is 17.6 Å². The zero-order valence-electron chi connectivity index (χ0n) is 18.0. The van der Waals surface area contributed by atoms with E-state index in [1.54, 1.807) is 35.0 Å². The number of hydrogen-bond acceptors (Lipinski definition) is 4. The van der Waals surface area contributed by atoms with E-state index < -0.39 is 17.7 Å². The van der Waals surface area contributed by atoms with Crippen molar-refractivity contribution in [3.63, 3.8) is 0 Å². The minimum absolute atomic E-state index is 0.202. The first-order valence-electron chi connectivity index (χ1n) is 10.5. The highest BCUT2D eigenvalue weighted by Gasteiger charge is 2.39. The number of nitriles is 1. The summed E-state index contributed by atoms with van der Waals surface area (Å²) >= 11 is 0. The summed E-state index contributed by atoms with van der Waals surface area (Å²) < 4.78 is 48.8. The van der Waals surface area contributed by atoms with Gasteiger partial charge in [0.25, 0.3) is 0 Å². The van der Waals surface area contributed by atoms with E-state index in [1.807, 2.05) is 0 Å². The van der Waals surface area contributed by atoms with Crippen molar-refractivity contribution in [2.24, 2.45) is 0 Å². The third-order valence-corrected chi connectivity index (χ3v) is 6.16. The summed E-state index contributed by atoms with van der Waals surface area (Å²) in [6.45, 7) is 2.08. The topological polar surface area (TPSA) is 79.5 Å². The highest BCUT2D eigenvalue weighted by atomic mass is 19.4. The molecule has 9 heteroatoms. The Morgan fingerprint density at radius 1 is 1.24 bits per heavy atom. The minimum Gasteiger partial charge on any atom is -0.495 e. The Labute approximate surface area is 187 Å². The minimum atomic E-state index is -4.45. The molecule has 5 rings (SSSR count). The lowest BCUT2D eigenvalue weighted by Crippen LogP contribution is -2.21. The first-order valence-corrected chi connectivity index (χ1v) is 10.5. The Balaban J connectivity index is 1.62. The first kappa shape index (κ1) is 21.1. The van der Waals surface area contributed by atoms with Crippen molar-refractivity contribution < 1.29 is 17.9 Å². The summed E-state index contributed by atoms with van der Waals surface area (Å²) in [5.41, 5.74) is 1.62. The Morgan fingerprint density at radius 2 is 2.06 bits per heavy atom. The number of methoxy groups -OCH3 is 1. The second-order valence-corrected chi connectivity index (χ2v) is 8.15. The highest BCUT2D eigenvalue weighted by Crippen LogP contribution is 2.42. The molecule has 6 nitrogen and oxygen atoms in total. The zero-order chi connectivity index (χ0) is 23.3. The molecule has 1 aliphatic rings. The molecule has 0 spiro atoms. The lowest BCUT2D eigenvalue weighted by molar-refractivity contribution is -0.138. The number of H-pyrrole nitrogens is 1. The van der Waals surface area contributed by atoms with Crippen molar-refractivity contribution in [2.45, 2.75) is 38.4 Å². The molecule has 2 aromatic carbocycles. The van der Waals surface area contributed by atoms with Crippen LogP contribution in [0.15, 0.2) is 36.4 Å². The molecule has 0 amide bonds. The quantitative estimate of drug-likeness (QED) is 0.442. The fourth-order valence-electron chi connectivity index (χ4n) is 4.73. The fraction of sp³-hybridized carbons (Fsp3) is 0.292. The Hall–Kier alpha value is -3.80. The van der Waals surface area contributed by atoms with Gasteiger partial charge in [0.2, 0.25) is 0 Å². The summed E-state index contributed by atoms with van der Waals surface area (Å²) in [4.78, 5) is 7.91. The number of aromatic nitrogens is 4. The van der Waals surface area contributed by atoms with Gasteiger partial charge in [-0.05, 0) is 49.1 Å². The number of halogens is 3. The van der Waals surface area contributed by atoms with Crippen LogP contribution in [0.4, 0.5) is 13.2 Å². The maximum Gasteiger partial charge on any atom is 0.416 e. The summed E-state index contributed by atoms with van der Waals surface area (Å²) in [5.74, 6) is 0.875. The number of nitrogens with zero attached hydrogens (tertiary/aromatic N) is 4. The van der Waals surface area contributed by atoms with E-state index in [-0.39, 0.29) is 11.1 Å². The summed E-state index contributed by atoms with van der Waals surface area (Å²) in [6, 6.07) is 12.0. The van der Waals surface area contributed by atoms with Crippen molar-refractivity contribution in [2.75, 3.05) is 7.11 Å². The number of aryl methyl sites for hydroxylation is 2. The second kappa shape index (κ2) is 7.66. The predicted molar refractivity (Wildman–Crippen MR) is 116 cm³/mol. The maximum atomic E-state index is 13.9. The van der Waals surface area contributed by atoms with Crippen LogP contribution in [-0.4, -0.2) is 26.9 Å². The van der Waals surface area contributed by atoms with E-state index in [2.05, 4.69) is 21.1 Å². The van der Waals surface area contributed by atoms with Gasteiger partial charge in [0, 0.05) is 23.4 Å². The van der Waals surface area contributed by atoms with Crippen LogP contribution in [0, 0.1) is 18.3 Å². The molecule has 4 aromatic rings. The van der Waals surface area contributed by atoms with E-state index in [1.165, 1.54) is 20.1 Å². The molecule has 0 fully saturated rings. The van der Waals surface area contributed by atoms with Crippen LogP contribution < -0.4 is 4.74 Å². The van der Waals surface area contributed by atoms with Gasteiger partial charge < -0.3 is 9.72 Å². The Morgan fingerprint density at radius 3 is 2.79 bits per heavy atom. The predicted octanol–water partition coefficient (Wildman–Crippen LogP) is 5.56. The third kappa shape index (κ3) is 3.42. The van der Waals surface area contributed by atoms with Crippen molar-refractivity contribution >= 4 is 10.9 Å². The van der Waals surface area contributed by atoms with E-state index in [0.29, 0.717) is 53.4 Å². The largest absolute Gasteiger partial charge is 0.495 e. The number of rotatable bonds is 3. The molecule has 1 unspecified atom stereocenters. The molecule has 33 heavy (non-hydrogen) atoms. The van der Waals surface area contributed by atoms with E-state index >= 15 is 0 Å². The number of hydrogen-bond donors (Lipinski definition) is 1. The Bertz CT molecular complexity index is 1410. The molecule has 1 N–H and O–H groups in total. The van der Waals surface area contributed by atoms with E-state index in [0.717, 1.165) is 5.52 Å². The third-order valence-electron chi connectivity index (χ3n) is 6.16. The van der Waals surface area contributed by atoms with Crippen molar-refractivity contribution in [3.05, 3.63) is 64.5 Å². The average Bonchev–Trinajstić information content (AvgIpc) is 3.41. The van der Waals surface area contributed by atoms with E-state index in [4.69, 9.17) is 4.74 Å². The molecule has 1 aliphatic heterocycles. The van der Waals surface area contributed by atoms with Crippen LogP contribution in [0.3, 0.4) is 0 Å². The number of aromatic amines is 1. The molecule has 3 heterocycles. The second-order valence-electron chi connectivity index (χ2n) is 8.15. The lowest BCUT2D eigenvalue weighted by atomic mass is 9.86. The van der Waals surface area contributed by atoms with E-state index in [9.17, 15) is 18.4 Å². The maximum absolute atomic E-state index is 13.9. The summed E-state index contributed by atoms with van der Waals surface area (Å²) in [7, 11) is 1.50. The van der Waals surface area contributed by atoms with Crippen LogP contribution in [0.25, 0.3) is 22.4 Å². The molecule has 0 saturated heterocycles. The zero-order valence-corrected chi connectivity index (χ0v) is 18.0. The standard InChI is InChI=1S/C24H20F3N5O/c1-13-5-3-6-15(20(13)24(25,26)27)16-7-4-10-32-23(16)30-22(31-32)19-11-17-18(29-19)9-8-14(12-28)21(17)33-2/h3,5-6,8-9,11,16,29H,4,7,10H2,1-2H3. The van der Waals surface area contributed by atoms with Crippen molar-refractivity contribution in [3.8, 4) is 23.3 Å². The molecule has 0 saturated carbocycles. The molecule has 0 aliphatic carbocycles. The monoisotopic (exact) mass is 451 g/mol. The van der Waals surface area contributed by atoms with Crippen molar-refractivity contribution in [1.82, 2.24) is 19.7 Å². The molecular formula is C24H20F3N5O. The van der Waals surface area contributed by atoms with Gasteiger partial charge in [0.05, 0.1) is 23.9 Å². The lowest BCUT2D eigenvalue weighted by Gasteiger charge is -2.26. The number of ether oxygens (including phenoxy) is 1. The van der Waals surface area contributed by atoms with Crippen LogP contribution >= 0.6 is 0 Å². The van der Waals surface area contributed by atoms with Gasteiger partial charge >= 0.3 is 6.18 Å². The van der Waals surface area contributed by atoms with Crippen LogP contribution in [-0.2, 0) is 12.7 Å². The van der Waals surface area contributed by atoms with Gasteiger partial charge in [-0.3, -0.25) is 0 Å². The van der Waals surface area contributed by atoms with Crippen LogP contribution in [0.2, 0.25) is 0 Å². The van der Waals surface area contributed by atoms with Gasteiger partial charge in [-0.15, -0.1) is 5.10 Å². The van der Waals surface area contributed by atoms with Gasteiger partial charge in [0.15, 0.2) is 5.82 Å². The normalized spacial score (nSPS) is 15.9. The first-order chi connectivity index (χ1) is 15.8. The number of nitrogens with one attached hydrogen (secondary N) is 1. The number of benzene rings is 2. The summed E-state index contributed by atoms with van der Waals surface area (Å²) in [6.07, 6.45) is -3.17. The Kier molecular flexibility index (Phi) is 4.89. The molecule has 0 radical (unpaired) electrons. The number of fused-ring (bicyclic) bond motifs is 2. The van der Waals surface area contributed by atoms with Crippen LogP contribution in [0.5, 0.6) is 5.75 Å². The van der Waals surface area contributed by atoms with Gasteiger partial charge in [-0.25, -0.2) is 9.67 Å². The SMILES string of the molecule is COc1c(C#N)ccc2[nH]c(-c3nc4n(n3)CCCC4c3cccc(C)c3C(F)(F)F)cc12. The number of alkyl halides is 3. The van der Waals surface area contributed by atoms with Gasteiger partial charge in [-0.2, -0.15) is 18.4 Å². The molecule has 0 bridgehead atoms. The van der Waals surface area contributed by atoms with Gasteiger partial charge in [-0.1, -0.05) is 18.2 Å². The highest BCUT2D eigenvalue weighted by molar-refractivity contribution is 5.92. The average molecular weight is 451 g/mol. The molecule has 2 aromatic heterocycles. The summed E-state index contributed by atoms with van der Waals surface area (Å²) in [5, 5.41) is 14.6. The van der Waals surface area contributed by atoms with Crippen molar-refractivity contribution in [1.29, 1.82) is 5.26 Å². The molecule has 168 valence electrons. The molecule has 1 atom stereocenters. The molecular weight excluding hydrogens is 431 g/mol. The fourth-order valence-corrected chi connectivity index (χ4v) is 4.73. The van der Waals surface area contributed by atoms with Crippen LogP contribution in [0.1, 0.15) is 46.8 Å². The smallest absolute Gasteiger partial charge is 0.416 e.